The van der Waals surface area contributed by atoms with Gasteiger partial charge < -0.3 is 24.4 Å². The van der Waals surface area contributed by atoms with Crippen LogP contribution in [-0.4, -0.2) is 67.5 Å². The molecule has 0 saturated carbocycles. The third-order valence-corrected chi connectivity index (χ3v) is 5.45. The Hall–Kier alpha value is -3.58. The first-order chi connectivity index (χ1) is 15.9. The number of ketones is 1. The molecule has 1 heterocycles. The van der Waals surface area contributed by atoms with Crippen LogP contribution in [0.4, 0.5) is 0 Å². The van der Waals surface area contributed by atoms with Gasteiger partial charge in [0.2, 0.25) is 0 Å². The maximum atomic E-state index is 13.1. The topological polar surface area (TPSA) is 79.3 Å². The van der Waals surface area contributed by atoms with Crippen LogP contribution in [0.15, 0.2) is 66.8 Å². The van der Waals surface area contributed by atoms with Crippen molar-refractivity contribution in [2.45, 2.75) is 12.5 Å². The van der Waals surface area contributed by atoms with Crippen LogP contribution in [0.3, 0.4) is 0 Å². The van der Waals surface area contributed by atoms with Crippen LogP contribution in [0.25, 0.3) is 5.76 Å². The SMILES string of the molecule is C=CCOc1cccc(C2/C(=C(/O)c3ccc(OC)cc3)C(=O)C(=O)N2CCCN(C)C)c1. The zero-order valence-corrected chi connectivity index (χ0v) is 19.3. The number of carbonyl (C=O) groups is 2. The third kappa shape index (κ3) is 5.43. The summed E-state index contributed by atoms with van der Waals surface area (Å²) in [6, 6.07) is 13.2. The van der Waals surface area contributed by atoms with Crippen molar-refractivity contribution in [1.82, 2.24) is 9.80 Å². The van der Waals surface area contributed by atoms with E-state index in [-0.39, 0.29) is 11.3 Å². The Morgan fingerprint density at radius 3 is 2.52 bits per heavy atom. The molecule has 1 N–H and O–H groups in total. The summed E-state index contributed by atoms with van der Waals surface area (Å²) in [7, 11) is 5.46. The molecule has 33 heavy (non-hydrogen) atoms. The second-order valence-electron chi connectivity index (χ2n) is 8.05. The molecule has 1 saturated heterocycles. The predicted molar refractivity (Wildman–Crippen MR) is 127 cm³/mol. The molecule has 0 bridgehead atoms. The number of Topliss-reactive ketones (excluding diaryl/α,β-unsaturated/α-hetero) is 1. The van der Waals surface area contributed by atoms with E-state index in [2.05, 4.69) is 6.58 Å². The van der Waals surface area contributed by atoms with Gasteiger partial charge in [0.1, 0.15) is 23.9 Å². The molecule has 1 aliphatic heterocycles. The largest absolute Gasteiger partial charge is 0.507 e. The second kappa shape index (κ2) is 10.8. The first-order valence-electron chi connectivity index (χ1n) is 10.8. The number of aliphatic hydroxyl groups is 1. The zero-order chi connectivity index (χ0) is 24.0. The third-order valence-electron chi connectivity index (χ3n) is 5.45. The van der Waals surface area contributed by atoms with Crippen LogP contribution in [0.5, 0.6) is 11.5 Å². The Morgan fingerprint density at radius 1 is 1.15 bits per heavy atom. The van der Waals surface area contributed by atoms with E-state index in [0.29, 0.717) is 42.2 Å². The van der Waals surface area contributed by atoms with Crippen molar-refractivity contribution >= 4 is 17.4 Å². The number of benzene rings is 2. The van der Waals surface area contributed by atoms with Gasteiger partial charge in [-0.05, 0) is 69.0 Å². The molecule has 1 unspecified atom stereocenters. The van der Waals surface area contributed by atoms with Gasteiger partial charge in [-0.1, -0.05) is 24.8 Å². The molecule has 0 aromatic heterocycles. The van der Waals surface area contributed by atoms with Gasteiger partial charge in [-0.2, -0.15) is 0 Å². The fourth-order valence-corrected chi connectivity index (χ4v) is 3.85. The number of amides is 1. The van der Waals surface area contributed by atoms with Gasteiger partial charge in [0, 0.05) is 12.1 Å². The highest BCUT2D eigenvalue weighted by molar-refractivity contribution is 6.46. The van der Waals surface area contributed by atoms with E-state index in [4.69, 9.17) is 9.47 Å². The molecular formula is C26H30N2O5. The molecule has 1 aliphatic rings. The van der Waals surface area contributed by atoms with Crippen LogP contribution >= 0.6 is 0 Å². The van der Waals surface area contributed by atoms with Crippen molar-refractivity contribution in [2.24, 2.45) is 0 Å². The molecule has 3 rings (SSSR count). The van der Waals surface area contributed by atoms with Gasteiger partial charge >= 0.3 is 0 Å². The number of rotatable bonds is 10. The second-order valence-corrected chi connectivity index (χ2v) is 8.05. The normalized spacial score (nSPS) is 17.5. The van der Waals surface area contributed by atoms with Crippen molar-refractivity contribution in [3.05, 3.63) is 77.9 Å². The van der Waals surface area contributed by atoms with Crippen LogP contribution in [0, 0.1) is 0 Å². The predicted octanol–water partition coefficient (Wildman–Crippen LogP) is 3.63. The maximum Gasteiger partial charge on any atom is 0.295 e. The zero-order valence-electron chi connectivity index (χ0n) is 19.3. The summed E-state index contributed by atoms with van der Waals surface area (Å²) in [5.41, 5.74) is 1.19. The first kappa shape index (κ1) is 24.1. The molecule has 0 radical (unpaired) electrons. The summed E-state index contributed by atoms with van der Waals surface area (Å²) in [4.78, 5) is 29.7. The minimum absolute atomic E-state index is 0.0656. The Labute approximate surface area is 194 Å². The Balaban J connectivity index is 2.08. The monoisotopic (exact) mass is 450 g/mol. The lowest BCUT2D eigenvalue weighted by Gasteiger charge is -2.26. The average molecular weight is 451 g/mol. The number of nitrogens with zero attached hydrogens (tertiary/aromatic N) is 2. The van der Waals surface area contributed by atoms with Gasteiger partial charge in [-0.3, -0.25) is 9.59 Å². The smallest absolute Gasteiger partial charge is 0.295 e. The lowest BCUT2D eigenvalue weighted by atomic mass is 9.95. The highest BCUT2D eigenvalue weighted by Gasteiger charge is 2.45. The standard InChI is InChI=1S/C26H30N2O5/c1-5-16-33-21-9-6-8-19(17-21)23-22(24(29)18-10-12-20(32-4)13-11-18)25(30)26(31)28(23)15-7-14-27(2)3/h5-6,8-13,17,23,29H,1,7,14-16H2,2-4H3/b24-22-. The molecule has 1 fully saturated rings. The van der Waals surface area contributed by atoms with Crippen molar-refractivity contribution in [3.8, 4) is 11.5 Å². The number of likely N-dealkylation sites (tertiary alicyclic amines) is 1. The van der Waals surface area contributed by atoms with E-state index in [0.717, 1.165) is 6.54 Å². The number of methoxy groups -OCH3 is 1. The highest BCUT2D eigenvalue weighted by atomic mass is 16.5. The Morgan fingerprint density at radius 2 is 1.88 bits per heavy atom. The Kier molecular flexibility index (Phi) is 7.90. The lowest BCUT2D eigenvalue weighted by molar-refractivity contribution is -0.139. The van der Waals surface area contributed by atoms with Crippen LogP contribution in [0.2, 0.25) is 0 Å². The Bertz CT molecular complexity index is 1040. The molecule has 1 amide bonds. The summed E-state index contributed by atoms with van der Waals surface area (Å²) < 4.78 is 10.8. The molecule has 7 nitrogen and oxygen atoms in total. The molecule has 2 aromatic carbocycles. The lowest BCUT2D eigenvalue weighted by Crippen LogP contribution is -2.32. The fraction of sp³-hybridized carbons (Fsp3) is 0.308. The molecular weight excluding hydrogens is 420 g/mol. The van der Waals surface area contributed by atoms with Gasteiger partial charge in [-0.15, -0.1) is 0 Å². The van der Waals surface area contributed by atoms with Crippen LogP contribution in [-0.2, 0) is 9.59 Å². The molecule has 174 valence electrons. The quantitative estimate of drug-likeness (QED) is 0.258. The van der Waals surface area contributed by atoms with E-state index in [9.17, 15) is 14.7 Å². The van der Waals surface area contributed by atoms with Gasteiger partial charge in [0.15, 0.2) is 0 Å². The number of aliphatic hydroxyl groups excluding tert-OH is 1. The minimum Gasteiger partial charge on any atom is -0.507 e. The number of hydrogen-bond donors (Lipinski definition) is 1. The van der Waals surface area contributed by atoms with Crippen molar-refractivity contribution < 1.29 is 24.2 Å². The highest BCUT2D eigenvalue weighted by Crippen LogP contribution is 2.40. The first-order valence-corrected chi connectivity index (χ1v) is 10.8. The molecule has 7 heteroatoms. The molecule has 2 aromatic rings. The van der Waals surface area contributed by atoms with Crippen molar-refractivity contribution in [3.63, 3.8) is 0 Å². The minimum atomic E-state index is -0.721. The van der Waals surface area contributed by atoms with Gasteiger partial charge in [0.25, 0.3) is 11.7 Å². The van der Waals surface area contributed by atoms with E-state index in [1.807, 2.05) is 25.1 Å². The van der Waals surface area contributed by atoms with E-state index in [1.54, 1.807) is 55.7 Å². The van der Waals surface area contributed by atoms with Crippen molar-refractivity contribution in [2.75, 3.05) is 40.9 Å². The summed E-state index contributed by atoms with van der Waals surface area (Å²) >= 11 is 0. The van der Waals surface area contributed by atoms with E-state index in [1.165, 1.54) is 4.90 Å². The molecule has 0 aliphatic carbocycles. The van der Waals surface area contributed by atoms with Crippen LogP contribution < -0.4 is 9.47 Å². The number of hydrogen-bond acceptors (Lipinski definition) is 6. The number of carbonyl (C=O) groups excluding carboxylic acids is 2. The van der Waals surface area contributed by atoms with E-state index >= 15 is 0 Å². The van der Waals surface area contributed by atoms with E-state index < -0.39 is 17.7 Å². The molecule has 1 atom stereocenters. The van der Waals surface area contributed by atoms with Crippen molar-refractivity contribution in [1.29, 1.82) is 0 Å². The van der Waals surface area contributed by atoms with Crippen LogP contribution in [0.1, 0.15) is 23.6 Å². The fourth-order valence-electron chi connectivity index (χ4n) is 3.85. The van der Waals surface area contributed by atoms with Gasteiger partial charge in [0.05, 0.1) is 18.7 Å². The summed E-state index contributed by atoms with van der Waals surface area (Å²) in [5, 5.41) is 11.1. The molecule has 0 spiro atoms. The average Bonchev–Trinajstić information content (AvgIpc) is 3.07. The maximum absolute atomic E-state index is 13.1. The summed E-state index contributed by atoms with van der Waals surface area (Å²) in [5.74, 6) is -0.314. The number of ether oxygens (including phenoxy) is 2. The summed E-state index contributed by atoms with van der Waals surface area (Å²) in [6.07, 6.45) is 2.33. The summed E-state index contributed by atoms with van der Waals surface area (Å²) in [6.45, 7) is 5.13. The van der Waals surface area contributed by atoms with Gasteiger partial charge in [-0.25, -0.2) is 0 Å².